The van der Waals surface area contributed by atoms with Crippen molar-refractivity contribution in [3.63, 3.8) is 0 Å². The summed E-state index contributed by atoms with van der Waals surface area (Å²) in [6, 6.07) is 13.4. The number of hydrogen-bond donors (Lipinski definition) is 4. The maximum atomic E-state index is 12.7. The second-order valence-corrected chi connectivity index (χ2v) is 8.02. The van der Waals surface area contributed by atoms with Crippen LogP contribution in [-0.4, -0.2) is 55.1 Å². The van der Waals surface area contributed by atoms with Gasteiger partial charge in [-0.1, -0.05) is 24.3 Å². The van der Waals surface area contributed by atoms with Gasteiger partial charge in [0.15, 0.2) is 0 Å². The number of nitrogens with zero attached hydrogens (tertiary/aromatic N) is 1. The van der Waals surface area contributed by atoms with Crippen molar-refractivity contribution in [3.05, 3.63) is 60.3 Å². The molecule has 2 aromatic carbocycles. The smallest absolute Gasteiger partial charge is 0.257 e. The Labute approximate surface area is 163 Å². The monoisotopic (exact) mass is 403 g/mol. The van der Waals surface area contributed by atoms with E-state index < -0.39 is 10.0 Å². The number of amides is 1. The zero-order valence-corrected chi connectivity index (χ0v) is 15.8. The second kappa shape index (κ2) is 8.53. The fraction of sp³-hybridized carbons (Fsp3) is 0.211. The number of fused-ring (bicyclic) bond motifs is 1. The van der Waals surface area contributed by atoms with Gasteiger partial charge < -0.3 is 20.8 Å². The van der Waals surface area contributed by atoms with Gasteiger partial charge in [-0.25, -0.2) is 8.42 Å². The quantitative estimate of drug-likeness (QED) is 0.490. The van der Waals surface area contributed by atoms with E-state index in [2.05, 4.69) is 10.6 Å². The number of nitrogens with one attached hydrogen (secondary N) is 2. The summed E-state index contributed by atoms with van der Waals surface area (Å²) in [5.74, 6) is -0.241. The number of para-hydroxylation sites is 1. The summed E-state index contributed by atoms with van der Waals surface area (Å²) in [7, 11) is -3.87. The highest BCUT2D eigenvalue weighted by Crippen LogP contribution is 2.31. The Balaban J connectivity index is 1.85. The normalized spacial score (nSPS) is 15.0. The van der Waals surface area contributed by atoms with Gasteiger partial charge in [0, 0.05) is 36.2 Å². The molecule has 1 aliphatic rings. The molecular formula is C19H21N3O5S. The minimum absolute atomic E-state index is 0.0223. The fourth-order valence-corrected chi connectivity index (χ4v) is 4.38. The molecule has 1 heterocycles. The van der Waals surface area contributed by atoms with Gasteiger partial charge in [-0.05, 0) is 24.3 Å². The lowest BCUT2D eigenvalue weighted by Gasteiger charge is -2.20. The fourth-order valence-electron chi connectivity index (χ4n) is 2.91. The van der Waals surface area contributed by atoms with Crippen molar-refractivity contribution in [3.8, 4) is 0 Å². The molecule has 0 saturated heterocycles. The van der Waals surface area contributed by atoms with Crippen molar-refractivity contribution >= 4 is 32.9 Å². The highest BCUT2D eigenvalue weighted by Gasteiger charge is 2.25. The molecule has 1 aliphatic heterocycles. The number of carbonyl (C=O) groups is 1. The highest BCUT2D eigenvalue weighted by atomic mass is 32.2. The molecule has 9 heteroatoms. The Kier molecular flexibility index (Phi) is 6.10. The minimum atomic E-state index is -3.87. The second-order valence-electron chi connectivity index (χ2n) is 6.08. The number of sulfonamides is 1. The lowest BCUT2D eigenvalue weighted by Crippen LogP contribution is -2.35. The zero-order chi connectivity index (χ0) is 20.1. The van der Waals surface area contributed by atoms with E-state index in [-0.39, 0.29) is 37.1 Å². The molecule has 8 nitrogen and oxygen atoms in total. The van der Waals surface area contributed by atoms with Crippen molar-refractivity contribution < 1.29 is 23.4 Å². The van der Waals surface area contributed by atoms with Crippen LogP contribution in [0.1, 0.15) is 5.56 Å². The standard InChI is InChI=1S/C19H21N3O5S/c23-10-8-22(9-11-24)28(26,27)15-5-3-4-14(12-15)20-13-17-16-6-1-2-7-18(16)21-19(17)25/h1-7,12-13,20,23-24H,8-11H2,(H,21,25)/b17-13-. The van der Waals surface area contributed by atoms with E-state index in [1.54, 1.807) is 18.2 Å². The van der Waals surface area contributed by atoms with Crippen molar-refractivity contribution in [1.82, 2.24) is 4.31 Å². The average molecular weight is 403 g/mol. The molecule has 0 radical (unpaired) electrons. The van der Waals surface area contributed by atoms with Gasteiger partial charge in [-0.15, -0.1) is 0 Å². The van der Waals surface area contributed by atoms with Gasteiger partial charge in [0.2, 0.25) is 10.0 Å². The van der Waals surface area contributed by atoms with E-state index >= 15 is 0 Å². The van der Waals surface area contributed by atoms with Crippen LogP contribution < -0.4 is 10.6 Å². The number of anilines is 2. The topological polar surface area (TPSA) is 119 Å². The third-order valence-electron chi connectivity index (χ3n) is 4.26. The van der Waals surface area contributed by atoms with E-state index in [1.807, 2.05) is 18.2 Å². The van der Waals surface area contributed by atoms with Gasteiger partial charge in [0.25, 0.3) is 5.91 Å². The maximum absolute atomic E-state index is 12.7. The first-order chi connectivity index (χ1) is 13.5. The minimum Gasteiger partial charge on any atom is -0.395 e. The van der Waals surface area contributed by atoms with Gasteiger partial charge in [-0.2, -0.15) is 4.31 Å². The Bertz CT molecular complexity index is 998. The Hall–Kier alpha value is -2.72. The summed E-state index contributed by atoms with van der Waals surface area (Å²) in [5.41, 5.74) is 2.42. The Morgan fingerprint density at radius 2 is 1.75 bits per heavy atom. The van der Waals surface area contributed by atoms with Crippen molar-refractivity contribution in [2.45, 2.75) is 4.90 Å². The predicted molar refractivity (Wildman–Crippen MR) is 106 cm³/mol. The number of aliphatic hydroxyl groups is 2. The number of rotatable bonds is 8. The molecular weight excluding hydrogens is 382 g/mol. The third-order valence-corrected chi connectivity index (χ3v) is 6.16. The summed E-state index contributed by atoms with van der Waals surface area (Å²) < 4.78 is 26.5. The molecule has 3 rings (SSSR count). The molecule has 0 aromatic heterocycles. The summed E-state index contributed by atoms with van der Waals surface area (Å²) >= 11 is 0. The molecule has 0 aliphatic carbocycles. The van der Waals surface area contributed by atoms with Crippen LogP contribution in [0.25, 0.3) is 5.57 Å². The van der Waals surface area contributed by atoms with Crippen LogP contribution in [0.2, 0.25) is 0 Å². The maximum Gasteiger partial charge on any atom is 0.257 e. The van der Waals surface area contributed by atoms with Gasteiger partial charge in [0.1, 0.15) is 0 Å². The van der Waals surface area contributed by atoms with E-state index in [0.717, 1.165) is 15.6 Å². The van der Waals surface area contributed by atoms with Gasteiger partial charge in [-0.3, -0.25) is 4.79 Å². The van der Waals surface area contributed by atoms with Crippen molar-refractivity contribution in [2.75, 3.05) is 36.9 Å². The summed E-state index contributed by atoms with van der Waals surface area (Å²) in [5, 5.41) is 23.9. The molecule has 1 amide bonds. The van der Waals surface area contributed by atoms with Crippen LogP contribution in [0.4, 0.5) is 11.4 Å². The van der Waals surface area contributed by atoms with Crippen LogP contribution >= 0.6 is 0 Å². The van der Waals surface area contributed by atoms with E-state index in [1.165, 1.54) is 18.3 Å². The lowest BCUT2D eigenvalue weighted by molar-refractivity contribution is -0.110. The first kappa shape index (κ1) is 20.0. The molecule has 0 bridgehead atoms. The SMILES string of the molecule is O=C1Nc2ccccc2/C1=C/Nc1cccc(S(=O)(=O)N(CCO)CCO)c1. The first-order valence-electron chi connectivity index (χ1n) is 8.67. The number of carbonyl (C=O) groups excluding carboxylic acids is 1. The number of benzene rings is 2. The first-order valence-corrected chi connectivity index (χ1v) is 10.1. The third kappa shape index (κ3) is 4.07. The van der Waals surface area contributed by atoms with E-state index in [9.17, 15) is 13.2 Å². The summed E-state index contributed by atoms with van der Waals surface area (Å²) in [4.78, 5) is 12.2. The van der Waals surface area contributed by atoms with E-state index in [4.69, 9.17) is 10.2 Å². The van der Waals surface area contributed by atoms with Crippen molar-refractivity contribution in [2.24, 2.45) is 0 Å². The number of aliphatic hydroxyl groups excluding tert-OH is 2. The van der Waals surface area contributed by atoms with Crippen LogP contribution in [-0.2, 0) is 14.8 Å². The summed E-state index contributed by atoms with van der Waals surface area (Å²) in [6.07, 6.45) is 1.53. The molecule has 0 saturated carbocycles. The Morgan fingerprint density at radius 1 is 1.04 bits per heavy atom. The van der Waals surface area contributed by atoms with E-state index in [0.29, 0.717) is 11.3 Å². The molecule has 0 spiro atoms. The molecule has 0 atom stereocenters. The molecule has 0 fully saturated rings. The molecule has 148 valence electrons. The molecule has 2 aromatic rings. The lowest BCUT2D eigenvalue weighted by atomic mass is 10.1. The van der Waals surface area contributed by atoms with Crippen LogP contribution in [0, 0.1) is 0 Å². The van der Waals surface area contributed by atoms with Crippen molar-refractivity contribution in [1.29, 1.82) is 0 Å². The van der Waals surface area contributed by atoms with Crippen LogP contribution in [0.3, 0.4) is 0 Å². The summed E-state index contributed by atoms with van der Waals surface area (Å²) in [6.45, 7) is -0.918. The van der Waals surface area contributed by atoms with Crippen LogP contribution in [0.5, 0.6) is 0 Å². The predicted octanol–water partition coefficient (Wildman–Crippen LogP) is 1.07. The molecule has 4 N–H and O–H groups in total. The Morgan fingerprint density at radius 3 is 2.46 bits per heavy atom. The largest absolute Gasteiger partial charge is 0.395 e. The molecule has 28 heavy (non-hydrogen) atoms. The zero-order valence-electron chi connectivity index (χ0n) is 15.0. The molecule has 0 unspecified atom stereocenters. The van der Waals surface area contributed by atoms with Crippen LogP contribution in [0.15, 0.2) is 59.6 Å². The number of hydrogen-bond acceptors (Lipinski definition) is 6. The van der Waals surface area contributed by atoms with Gasteiger partial charge >= 0.3 is 0 Å². The highest BCUT2D eigenvalue weighted by molar-refractivity contribution is 7.89. The van der Waals surface area contributed by atoms with Gasteiger partial charge in [0.05, 0.1) is 23.7 Å². The average Bonchev–Trinajstić information content (AvgIpc) is 3.01.